The van der Waals surface area contributed by atoms with Gasteiger partial charge in [0.25, 0.3) is 0 Å². The average Bonchev–Trinajstić information content (AvgIpc) is 2.93. The van der Waals surface area contributed by atoms with Gasteiger partial charge in [-0.25, -0.2) is 0 Å². The Morgan fingerprint density at radius 3 is 2.87 bits per heavy atom. The average molecular weight is 314 g/mol. The number of rotatable bonds is 4. The number of hydrogen-bond acceptors (Lipinski definition) is 2. The van der Waals surface area contributed by atoms with Crippen molar-refractivity contribution in [3.8, 4) is 11.5 Å². The maximum absolute atomic E-state index is 10.0. The van der Waals surface area contributed by atoms with Gasteiger partial charge in [0.15, 0.2) is 11.5 Å². The molecular formula is C21H30O2. The first-order chi connectivity index (χ1) is 11.1. The van der Waals surface area contributed by atoms with Crippen LogP contribution in [0.1, 0.15) is 75.8 Å². The van der Waals surface area contributed by atoms with Crippen LogP contribution in [0, 0.1) is 5.41 Å². The molecule has 3 rings (SSSR count). The fraction of sp³-hybridized carbons (Fsp3) is 0.619. The quantitative estimate of drug-likeness (QED) is 0.718. The number of fused-ring (bicyclic) bond motifs is 1. The van der Waals surface area contributed by atoms with Gasteiger partial charge >= 0.3 is 0 Å². The standard InChI is InChI=1S/C21H30O2/c1-4-17-9-6-11-21(17,2)12-10-15-7-5-8-16-13-19(22)20(23-3)14-18(15)16/h4,13-15,22H,5-12H2,1-3H3/b17-4+. The lowest BCUT2D eigenvalue weighted by Crippen LogP contribution is -2.17. The maximum atomic E-state index is 10.0. The molecule has 0 saturated heterocycles. The molecule has 0 spiro atoms. The molecule has 0 radical (unpaired) electrons. The molecule has 23 heavy (non-hydrogen) atoms. The van der Waals surface area contributed by atoms with Crippen LogP contribution in [-0.4, -0.2) is 12.2 Å². The predicted molar refractivity (Wildman–Crippen MR) is 95.3 cm³/mol. The van der Waals surface area contributed by atoms with Crippen LogP contribution >= 0.6 is 0 Å². The summed E-state index contributed by atoms with van der Waals surface area (Å²) in [4.78, 5) is 0. The predicted octanol–water partition coefficient (Wildman–Crippen LogP) is 5.74. The number of phenolic OH excluding ortho intramolecular Hbond substituents is 1. The van der Waals surface area contributed by atoms with E-state index in [4.69, 9.17) is 4.74 Å². The third kappa shape index (κ3) is 3.13. The Morgan fingerprint density at radius 1 is 1.30 bits per heavy atom. The highest BCUT2D eigenvalue weighted by Gasteiger charge is 2.34. The summed E-state index contributed by atoms with van der Waals surface area (Å²) in [6, 6.07) is 4.01. The molecule has 2 aliphatic carbocycles. The van der Waals surface area contributed by atoms with Gasteiger partial charge in [-0.05, 0) is 92.9 Å². The summed E-state index contributed by atoms with van der Waals surface area (Å²) >= 11 is 0. The minimum absolute atomic E-state index is 0.283. The van der Waals surface area contributed by atoms with E-state index in [0.29, 0.717) is 17.1 Å². The van der Waals surface area contributed by atoms with Crippen LogP contribution in [0.25, 0.3) is 0 Å². The topological polar surface area (TPSA) is 29.5 Å². The third-order valence-electron chi connectivity index (χ3n) is 6.22. The monoisotopic (exact) mass is 314 g/mol. The van der Waals surface area contributed by atoms with E-state index in [1.54, 1.807) is 12.7 Å². The Bertz CT molecular complexity index is 602. The summed E-state index contributed by atoms with van der Waals surface area (Å²) in [6.07, 6.45) is 12.4. The second-order valence-corrected chi connectivity index (χ2v) is 7.58. The van der Waals surface area contributed by atoms with Crippen molar-refractivity contribution in [2.24, 2.45) is 5.41 Å². The molecule has 2 aliphatic rings. The lowest BCUT2D eigenvalue weighted by Gasteiger charge is -2.31. The molecule has 126 valence electrons. The summed E-state index contributed by atoms with van der Waals surface area (Å²) in [6.45, 7) is 4.65. The van der Waals surface area contributed by atoms with Crippen LogP contribution in [0.5, 0.6) is 11.5 Å². The first-order valence-electron chi connectivity index (χ1n) is 9.13. The SMILES string of the molecule is C/C=C1\CCCC1(C)CCC1CCCc2cc(O)c(OC)cc21. The van der Waals surface area contributed by atoms with E-state index in [0.717, 1.165) is 6.42 Å². The fourth-order valence-corrected chi connectivity index (χ4v) is 4.78. The highest BCUT2D eigenvalue weighted by Crippen LogP contribution is 2.49. The molecule has 0 aromatic heterocycles. The first-order valence-corrected chi connectivity index (χ1v) is 9.13. The first kappa shape index (κ1) is 16.4. The molecule has 1 saturated carbocycles. The van der Waals surface area contributed by atoms with Crippen LogP contribution in [0.2, 0.25) is 0 Å². The van der Waals surface area contributed by atoms with Gasteiger partial charge in [-0.2, -0.15) is 0 Å². The molecule has 2 unspecified atom stereocenters. The zero-order valence-electron chi connectivity index (χ0n) is 14.8. The Labute approximate surface area is 140 Å². The summed E-state index contributed by atoms with van der Waals surface area (Å²) in [5.41, 5.74) is 4.81. The minimum atomic E-state index is 0.283. The molecule has 1 fully saturated rings. The molecule has 2 heteroatoms. The van der Waals surface area contributed by atoms with Gasteiger partial charge in [-0.1, -0.05) is 18.6 Å². The van der Waals surface area contributed by atoms with Gasteiger partial charge in [0.05, 0.1) is 7.11 Å². The van der Waals surface area contributed by atoms with Crippen LogP contribution in [0.15, 0.2) is 23.8 Å². The Balaban J connectivity index is 1.78. The highest BCUT2D eigenvalue weighted by atomic mass is 16.5. The van der Waals surface area contributed by atoms with Gasteiger partial charge in [0.2, 0.25) is 0 Å². The van der Waals surface area contributed by atoms with Crippen molar-refractivity contribution in [2.45, 2.75) is 71.1 Å². The molecule has 2 atom stereocenters. The molecule has 0 amide bonds. The second-order valence-electron chi connectivity index (χ2n) is 7.58. The largest absolute Gasteiger partial charge is 0.504 e. The van der Waals surface area contributed by atoms with Crippen LogP contribution in [-0.2, 0) is 6.42 Å². The molecule has 0 bridgehead atoms. The third-order valence-corrected chi connectivity index (χ3v) is 6.22. The molecule has 1 aromatic carbocycles. The molecule has 0 heterocycles. The summed E-state index contributed by atoms with van der Waals surface area (Å²) < 4.78 is 5.33. The van der Waals surface area contributed by atoms with E-state index in [-0.39, 0.29) is 5.75 Å². The van der Waals surface area contributed by atoms with Gasteiger partial charge in [-0.15, -0.1) is 0 Å². The van der Waals surface area contributed by atoms with E-state index in [9.17, 15) is 5.11 Å². The summed E-state index contributed by atoms with van der Waals surface area (Å²) in [5, 5.41) is 10.0. The zero-order chi connectivity index (χ0) is 16.4. The van der Waals surface area contributed by atoms with Crippen molar-refractivity contribution < 1.29 is 9.84 Å². The van der Waals surface area contributed by atoms with E-state index in [1.165, 1.54) is 56.1 Å². The zero-order valence-corrected chi connectivity index (χ0v) is 14.8. The number of aryl methyl sites for hydroxylation is 1. The smallest absolute Gasteiger partial charge is 0.160 e. The van der Waals surface area contributed by atoms with E-state index < -0.39 is 0 Å². The highest BCUT2D eigenvalue weighted by molar-refractivity contribution is 5.48. The van der Waals surface area contributed by atoms with E-state index in [2.05, 4.69) is 26.0 Å². The number of hydrogen-bond donors (Lipinski definition) is 1. The number of phenols is 1. The molecule has 0 aliphatic heterocycles. The van der Waals surface area contributed by atoms with Gasteiger partial charge < -0.3 is 9.84 Å². The Kier molecular flexibility index (Phi) is 4.70. The van der Waals surface area contributed by atoms with Crippen molar-refractivity contribution in [3.63, 3.8) is 0 Å². The normalized spacial score (nSPS) is 28.8. The van der Waals surface area contributed by atoms with Crippen molar-refractivity contribution in [1.82, 2.24) is 0 Å². The van der Waals surface area contributed by atoms with Crippen LogP contribution in [0.4, 0.5) is 0 Å². The molecule has 2 nitrogen and oxygen atoms in total. The molecular weight excluding hydrogens is 284 g/mol. The van der Waals surface area contributed by atoms with Gasteiger partial charge in [0.1, 0.15) is 0 Å². The van der Waals surface area contributed by atoms with E-state index >= 15 is 0 Å². The van der Waals surface area contributed by atoms with Crippen molar-refractivity contribution in [2.75, 3.05) is 7.11 Å². The molecule has 1 aromatic rings. The minimum Gasteiger partial charge on any atom is -0.504 e. The fourth-order valence-electron chi connectivity index (χ4n) is 4.78. The number of allylic oxidation sites excluding steroid dienone is 2. The Hall–Kier alpha value is -1.44. The van der Waals surface area contributed by atoms with Crippen molar-refractivity contribution in [1.29, 1.82) is 0 Å². The molecule has 1 N–H and O–H groups in total. The van der Waals surface area contributed by atoms with Gasteiger partial charge in [0, 0.05) is 0 Å². The van der Waals surface area contributed by atoms with E-state index in [1.807, 2.05) is 6.07 Å². The number of methoxy groups -OCH3 is 1. The van der Waals surface area contributed by atoms with Crippen molar-refractivity contribution >= 4 is 0 Å². The summed E-state index contributed by atoms with van der Waals surface area (Å²) in [7, 11) is 1.64. The number of ether oxygens (including phenoxy) is 1. The Morgan fingerprint density at radius 2 is 2.13 bits per heavy atom. The van der Waals surface area contributed by atoms with Crippen LogP contribution in [0.3, 0.4) is 0 Å². The number of benzene rings is 1. The number of aromatic hydroxyl groups is 1. The lowest BCUT2D eigenvalue weighted by atomic mass is 9.74. The lowest BCUT2D eigenvalue weighted by molar-refractivity contribution is 0.335. The van der Waals surface area contributed by atoms with Crippen LogP contribution < -0.4 is 4.74 Å². The maximum Gasteiger partial charge on any atom is 0.160 e. The summed E-state index contributed by atoms with van der Waals surface area (Å²) in [5.74, 6) is 1.52. The van der Waals surface area contributed by atoms with Crippen molar-refractivity contribution in [3.05, 3.63) is 34.9 Å². The van der Waals surface area contributed by atoms with Gasteiger partial charge in [-0.3, -0.25) is 0 Å². The second kappa shape index (κ2) is 6.59.